The van der Waals surface area contributed by atoms with Crippen molar-refractivity contribution in [2.75, 3.05) is 38.5 Å². The molecule has 1 unspecified atom stereocenters. The first-order chi connectivity index (χ1) is 15.0. The van der Waals surface area contributed by atoms with Crippen LogP contribution < -0.4 is 5.32 Å². The van der Waals surface area contributed by atoms with E-state index in [0.29, 0.717) is 25.5 Å². The number of nitrogens with one attached hydrogen (secondary N) is 1. The fourth-order valence-electron chi connectivity index (χ4n) is 4.55. The molecule has 2 aliphatic rings. The van der Waals surface area contributed by atoms with Gasteiger partial charge in [0.2, 0.25) is 11.8 Å². The van der Waals surface area contributed by atoms with Crippen molar-refractivity contribution < 1.29 is 9.59 Å². The van der Waals surface area contributed by atoms with E-state index in [0.717, 1.165) is 49.3 Å². The monoisotopic (exact) mass is 422 g/mol. The smallest absolute Gasteiger partial charge is 0.225 e. The Morgan fingerprint density at radius 1 is 1.10 bits per heavy atom. The molecule has 8 heteroatoms. The quantitative estimate of drug-likeness (QED) is 0.814. The molecule has 4 rings (SSSR count). The predicted octanol–water partition coefficient (Wildman–Crippen LogP) is 2.54. The maximum absolute atomic E-state index is 13.2. The van der Waals surface area contributed by atoms with Gasteiger partial charge >= 0.3 is 0 Å². The van der Waals surface area contributed by atoms with E-state index in [1.807, 2.05) is 35.0 Å². The molecule has 2 aromatic rings. The van der Waals surface area contributed by atoms with Crippen molar-refractivity contribution in [1.29, 1.82) is 0 Å². The van der Waals surface area contributed by atoms with Crippen LogP contribution in [0.5, 0.6) is 0 Å². The Kier molecular flexibility index (Phi) is 6.44. The van der Waals surface area contributed by atoms with Crippen molar-refractivity contribution >= 4 is 17.6 Å². The van der Waals surface area contributed by atoms with E-state index >= 15 is 0 Å². The molecule has 2 aliphatic heterocycles. The highest BCUT2D eigenvalue weighted by atomic mass is 16.2. The van der Waals surface area contributed by atoms with Gasteiger partial charge in [-0.25, -0.2) is 9.97 Å². The molecule has 2 fully saturated rings. The van der Waals surface area contributed by atoms with Gasteiger partial charge in [0.1, 0.15) is 5.82 Å². The van der Waals surface area contributed by atoms with E-state index in [9.17, 15) is 9.59 Å². The van der Waals surface area contributed by atoms with E-state index in [1.54, 1.807) is 19.3 Å². The average molecular weight is 423 g/mol. The lowest BCUT2D eigenvalue weighted by atomic mass is 9.90. The summed E-state index contributed by atoms with van der Waals surface area (Å²) in [6, 6.07) is 5.82. The Bertz CT molecular complexity index is 927. The normalized spacial score (nSPS) is 19.9. The summed E-state index contributed by atoms with van der Waals surface area (Å²) in [5, 5.41) is 3.13. The van der Waals surface area contributed by atoms with Gasteiger partial charge < -0.3 is 15.1 Å². The van der Waals surface area contributed by atoms with Crippen molar-refractivity contribution in [3.05, 3.63) is 36.3 Å². The van der Waals surface area contributed by atoms with Gasteiger partial charge in [-0.15, -0.1) is 0 Å². The van der Waals surface area contributed by atoms with Gasteiger partial charge in [-0.2, -0.15) is 0 Å². The van der Waals surface area contributed by atoms with Crippen LogP contribution in [-0.4, -0.2) is 69.8 Å². The van der Waals surface area contributed by atoms with Crippen LogP contribution in [-0.2, 0) is 9.59 Å². The summed E-state index contributed by atoms with van der Waals surface area (Å²) < 4.78 is 0. The summed E-state index contributed by atoms with van der Waals surface area (Å²) in [5.74, 6) is 1.93. The Labute approximate surface area is 183 Å². The topological polar surface area (TPSA) is 91.3 Å². The highest BCUT2D eigenvalue weighted by Crippen LogP contribution is 2.30. The van der Waals surface area contributed by atoms with E-state index in [2.05, 4.69) is 15.3 Å². The molecular weight excluding hydrogens is 392 g/mol. The van der Waals surface area contributed by atoms with Gasteiger partial charge in [0.05, 0.1) is 5.69 Å². The third-order valence-electron chi connectivity index (χ3n) is 6.36. The van der Waals surface area contributed by atoms with Crippen LogP contribution in [0.1, 0.15) is 44.2 Å². The van der Waals surface area contributed by atoms with E-state index < -0.39 is 0 Å². The molecule has 8 nitrogen and oxygen atoms in total. The first-order valence-corrected chi connectivity index (χ1v) is 11.1. The van der Waals surface area contributed by atoms with Gasteiger partial charge in [0.15, 0.2) is 5.82 Å². The van der Waals surface area contributed by atoms with Crippen LogP contribution in [0.2, 0.25) is 0 Å². The number of pyridine rings is 1. The molecule has 1 atom stereocenters. The minimum absolute atomic E-state index is 0.0126. The second-order valence-electron chi connectivity index (χ2n) is 8.40. The van der Waals surface area contributed by atoms with Crippen molar-refractivity contribution in [1.82, 2.24) is 24.8 Å². The fourth-order valence-corrected chi connectivity index (χ4v) is 4.55. The zero-order chi connectivity index (χ0) is 21.8. The molecule has 2 aromatic heterocycles. The van der Waals surface area contributed by atoms with Crippen molar-refractivity contribution in [2.45, 2.75) is 38.5 Å². The van der Waals surface area contributed by atoms with Gasteiger partial charge in [-0.3, -0.25) is 14.6 Å². The maximum Gasteiger partial charge on any atom is 0.225 e. The number of carbonyl (C=O) groups is 2. The maximum atomic E-state index is 13.2. The van der Waals surface area contributed by atoms with Crippen LogP contribution in [0.3, 0.4) is 0 Å². The minimum Gasteiger partial charge on any atom is -0.373 e. The first kappa shape index (κ1) is 21.2. The molecule has 2 saturated heterocycles. The summed E-state index contributed by atoms with van der Waals surface area (Å²) in [6.07, 6.45) is 6.97. The van der Waals surface area contributed by atoms with Crippen LogP contribution in [0.25, 0.3) is 11.4 Å². The van der Waals surface area contributed by atoms with Crippen LogP contribution in [0.4, 0.5) is 5.82 Å². The van der Waals surface area contributed by atoms with Crippen molar-refractivity contribution in [3.63, 3.8) is 0 Å². The zero-order valence-electron chi connectivity index (χ0n) is 18.3. The number of piperidine rings is 2. The molecule has 0 bridgehead atoms. The first-order valence-electron chi connectivity index (χ1n) is 11.1. The van der Waals surface area contributed by atoms with Gasteiger partial charge in [0, 0.05) is 76.0 Å². The summed E-state index contributed by atoms with van der Waals surface area (Å²) in [5.41, 5.74) is 1.84. The second kappa shape index (κ2) is 9.41. The molecule has 0 radical (unpaired) electrons. The molecule has 164 valence electrons. The highest BCUT2D eigenvalue weighted by Gasteiger charge is 2.33. The highest BCUT2D eigenvalue weighted by molar-refractivity contribution is 5.80. The van der Waals surface area contributed by atoms with E-state index in [4.69, 9.17) is 4.98 Å². The van der Waals surface area contributed by atoms with Gasteiger partial charge in [0.25, 0.3) is 0 Å². The second-order valence-corrected chi connectivity index (χ2v) is 8.40. The lowest BCUT2D eigenvalue weighted by Crippen LogP contribution is -2.46. The number of hydrogen-bond acceptors (Lipinski definition) is 6. The van der Waals surface area contributed by atoms with E-state index in [-0.39, 0.29) is 23.7 Å². The van der Waals surface area contributed by atoms with Crippen LogP contribution in [0.15, 0.2) is 30.6 Å². The zero-order valence-corrected chi connectivity index (χ0v) is 18.3. The Morgan fingerprint density at radius 2 is 1.90 bits per heavy atom. The number of likely N-dealkylation sites (tertiary alicyclic amines) is 2. The lowest BCUT2D eigenvalue weighted by molar-refractivity contribution is -0.141. The standard InChI is InChI=1S/C23H30N6O2/c1-16(30)28-11-7-17(8-12-28)23(31)29-10-4-6-19(15-29)20-13-21(24-2)27-22(26-20)18-5-3-9-25-14-18/h3,5,9,13-14,17,19H,4,6-8,10-12,15H2,1-2H3,(H,24,26,27). The van der Waals surface area contributed by atoms with E-state index in [1.165, 1.54) is 0 Å². The molecule has 1 N–H and O–H groups in total. The molecule has 0 aromatic carbocycles. The number of hydrogen-bond donors (Lipinski definition) is 1. The number of amides is 2. The van der Waals surface area contributed by atoms with Gasteiger partial charge in [-0.05, 0) is 37.8 Å². The minimum atomic E-state index is 0.0126. The SMILES string of the molecule is CNc1cc(C2CCCN(C(=O)C3CCN(C(C)=O)CC3)C2)nc(-c2cccnc2)n1. The molecule has 0 spiro atoms. The van der Waals surface area contributed by atoms with Crippen LogP contribution in [0, 0.1) is 5.92 Å². The summed E-state index contributed by atoms with van der Waals surface area (Å²) in [7, 11) is 1.85. The molecule has 0 aliphatic carbocycles. The predicted molar refractivity (Wildman–Crippen MR) is 118 cm³/mol. The Morgan fingerprint density at radius 3 is 2.58 bits per heavy atom. The third-order valence-corrected chi connectivity index (χ3v) is 6.36. The Hall–Kier alpha value is -3.03. The summed E-state index contributed by atoms with van der Waals surface area (Å²) in [4.78, 5) is 42.2. The number of carbonyl (C=O) groups excluding carboxylic acids is 2. The summed E-state index contributed by atoms with van der Waals surface area (Å²) in [6.45, 7) is 4.42. The number of rotatable bonds is 4. The molecule has 0 saturated carbocycles. The third kappa shape index (κ3) is 4.84. The van der Waals surface area contributed by atoms with Crippen molar-refractivity contribution in [2.24, 2.45) is 5.92 Å². The molecule has 31 heavy (non-hydrogen) atoms. The summed E-state index contributed by atoms with van der Waals surface area (Å²) >= 11 is 0. The Balaban J connectivity index is 1.48. The molecule has 4 heterocycles. The van der Waals surface area contributed by atoms with Crippen molar-refractivity contribution in [3.8, 4) is 11.4 Å². The average Bonchev–Trinajstić information content (AvgIpc) is 2.84. The van der Waals surface area contributed by atoms with Crippen LogP contribution >= 0.6 is 0 Å². The number of aromatic nitrogens is 3. The number of anilines is 1. The fraction of sp³-hybridized carbons (Fsp3) is 0.522. The lowest BCUT2D eigenvalue weighted by Gasteiger charge is -2.37. The molecular formula is C23H30N6O2. The largest absolute Gasteiger partial charge is 0.373 e. The van der Waals surface area contributed by atoms with Gasteiger partial charge in [-0.1, -0.05) is 0 Å². The molecule has 2 amide bonds. The number of nitrogens with zero attached hydrogens (tertiary/aromatic N) is 5.